The molecule has 0 fully saturated rings. The molecule has 1 amide bonds. The van der Waals surface area contributed by atoms with Gasteiger partial charge >= 0.3 is 0 Å². The van der Waals surface area contributed by atoms with E-state index in [1.807, 2.05) is 43.3 Å². The van der Waals surface area contributed by atoms with Gasteiger partial charge in [0.1, 0.15) is 5.75 Å². The van der Waals surface area contributed by atoms with E-state index in [0.29, 0.717) is 23.8 Å². The Kier molecular flexibility index (Phi) is 8.99. The first-order valence-electron chi connectivity index (χ1n) is 8.91. The number of carbonyl (C=O) groups excluding carboxylic acids is 1. The smallest absolute Gasteiger partial charge is 0.232 e. The summed E-state index contributed by atoms with van der Waals surface area (Å²) in [5, 5.41) is 2.85. The van der Waals surface area contributed by atoms with Gasteiger partial charge in [-0.2, -0.15) is 0 Å². The van der Waals surface area contributed by atoms with Crippen molar-refractivity contribution in [3.8, 4) is 17.2 Å². The monoisotopic (exact) mass is 467 g/mol. The third-order valence-corrected chi connectivity index (χ3v) is 6.21. The second-order valence-corrected chi connectivity index (χ2v) is 8.32. The number of amides is 1. The zero-order valence-electron chi connectivity index (χ0n) is 16.6. The number of hydrogen-bond donors (Lipinski definition) is 1. The fourth-order valence-corrected chi connectivity index (χ4v) is 4.11. The van der Waals surface area contributed by atoms with Crippen LogP contribution in [0.1, 0.15) is 18.1 Å². The number of hydrogen-bond acceptors (Lipinski definition) is 5. The summed E-state index contributed by atoms with van der Waals surface area (Å²) in [5.74, 6) is 2.91. The summed E-state index contributed by atoms with van der Waals surface area (Å²) in [7, 11) is 4.87. The summed E-state index contributed by atoms with van der Waals surface area (Å²) in [6.45, 7) is 2.53. The van der Waals surface area contributed by atoms with E-state index in [2.05, 4.69) is 21.2 Å². The van der Waals surface area contributed by atoms with Crippen LogP contribution in [0.5, 0.6) is 17.2 Å². The van der Waals surface area contributed by atoms with Crippen LogP contribution in [-0.2, 0) is 17.0 Å². The third-order valence-electron chi connectivity index (χ3n) is 4.28. The van der Waals surface area contributed by atoms with E-state index in [9.17, 15) is 4.79 Å². The molecule has 1 atom stereocenters. The van der Waals surface area contributed by atoms with E-state index in [0.717, 1.165) is 27.8 Å². The van der Waals surface area contributed by atoms with Gasteiger partial charge < -0.3 is 19.5 Å². The van der Waals surface area contributed by atoms with E-state index in [1.54, 1.807) is 33.1 Å². The third kappa shape index (κ3) is 6.34. The van der Waals surface area contributed by atoms with Crippen molar-refractivity contribution in [2.45, 2.75) is 24.3 Å². The van der Waals surface area contributed by atoms with Gasteiger partial charge in [-0.15, -0.1) is 11.8 Å². The molecule has 0 spiro atoms. The lowest BCUT2D eigenvalue weighted by Crippen LogP contribution is -2.32. The van der Waals surface area contributed by atoms with Crippen LogP contribution in [0.25, 0.3) is 0 Å². The lowest BCUT2D eigenvalue weighted by Gasteiger charge is -2.15. The minimum Gasteiger partial charge on any atom is -0.497 e. The first-order chi connectivity index (χ1) is 13.5. The van der Waals surface area contributed by atoms with Crippen molar-refractivity contribution < 1.29 is 19.0 Å². The van der Waals surface area contributed by atoms with Gasteiger partial charge in [-0.3, -0.25) is 4.79 Å². The second-order valence-electron chi connectivity index (χ2n) is 6.14. The zero-order chi connectivity index (χ0) is 20.5. The number of rotatable bonds is 10. The van der Waals surface area contributed by atoms with Crippen LogP contribution in [0.15, 0.2) is 40.9 Å². The lowest BCUT2D eigenvalue weighted by atomic mass is 10.1. The Labute approximate surface area is 179 Å². The average molecular weight is 468 g/mol. The minimum atomic E-state index is -0.157. The number of benzene rings is 2. The summed E-state index contributed by atoms with van der Waals surface area (Å²) in [6.07, 6.45) is 0.786. The van der Waals surface area contributed by atoms with Crippen molar-refractivity contribution in [1.29, 1.82) is 0 Å². The topological polar surface area (TPSA) is 56.8 Å². The average Bonchev–Trinajstić information content (AvgIpc) is 2.72. The highest BCUT2D eigenvalue weighted by Gasteiger charge is 2.15. The fourth-order valence-electron chi connectivity index (χ4n) is 2.56. The van der Waals surface area contributed by atoms with E-state index in [-0.39, 0.29) is 11.2 Å². The van der Waals surface area contributed by atoms with Crippen LogP contribution in [0.4, 0.5) is 0 Å². The van der Waals surface area contributed by atoms with Crippen molar-refractivity contribution in [3.05, 3.63) is 52.0 Å². The van der Waals surface area contributed by atoms with Gasteiger partial charge in [-0.1, -0.05) is 28.1 Å². The van der Waals surface area contributed by atoms with Crippen LogP contribution in [0.3, 0.4) is 0 Å². The quantitative estimate of drug-likeness (QED) is 0.558. The Bertz CT molecular complexity index is 783. The maximum Gasteiger partial charge on any atom is 0.232 e. The molecule has 0 saturated heterocycles. The summed E-state index contributed by atoms with van der Waals surface area (Å²) in [5.41, 5.74) is 2.22. The number of nitrogens with one attached hydrogen (secondary N) is 1. The molecular formula is C21H26BrNO4S. The highest BCUT2D eigenvalue weighted by atomic mass is 79.9. The standard InChI is InChI=1S/C21H26BrNO4S/c1-14(21(24)23-10-9-15-5-7-17(25-2)8-6-15)28-13-16-11-19(26-3)20(27-4)12-18(16)22/h5-8,11-12,14H,9-10,13H2,1-4H3,(H,23,24)/t14-/m0/s1. The molecule has 2 rings (SSSR count). The van der Waals surface area contributed by atoms with Gasteiger partial charge in [0.05, 0.1) is 26.6 Å². The van der Waals surface area contributed by atoms with Crippen molar-refractivity contribution in [1.82, 2.24) is 5.32 Å². The minimum absolute atomic E-state index is 0.0371. The van der Waals surface area contributed by atoms with E-state index in [1.165, 1.54) is 0 Å². The summed E-state index contributed by atoms with van der Waals surface area (Å²) in [4.78, 5) is 12.4. The molecule has 7 heteroatoms. The van der Waals surface area contributed by atoms with Crippen LogP contribution in [-0.4, -0.2) is 39.0 Å². The summed E-state index contributed by atoms with van der Waals surface area (Å²) in [6, 6.07) is 11.7. The maximum absolute atomic E-state index is 12.4. The summed E-state index contributed by atoms with van der Waals surface area (Å²) >= 11 is 5.14. The van der Waals surface area contributed by atoms with Gasteiger partial charge in [0.2, 0.25) is 5.91 Å². The molecule has 0 aliphatic heterocycles. The zero-order valence-corrected chi connectivity index (χ0v) is 19.0. The molecule has 0 aromatic heterocycles. The fraction of sp³-hybridized carbons (Fsp3) is 0.381. The van der Waals surface area contributed by atoms with Crippen molar-refractivity contribution in [2.75, 3.05) is 27.9 Å². The molecule has 0 aliphatic rings. The van der Waals surface area contributed by atoms with Crippen molar-refractivity contribution >= 4 is 33.6 Å². The molecule has 5 nitrogen and oxygen atoms in total. The highest BCUT2D eigenvalue weighted by Crippen LogP contribution is 2.35. The SMILES string of the molecule is COc1ccc(CCNC(=O)[C@H](C)SCc2cc(OC)c(OC)cc2Br)cc1. The first kappa shape index (κ1) is 22.4. The number of methoxy groups -OCH3 is 3. The molecule has 2 aromatic carbocycles. The lowest BCUT2D eigenvalue weighted by molar-refractivity contribution is -0.120. The van der Waals surface area contributed by atoms with E-state index >= 15 is 0 Å². The highest BCUT2D eigenvalue weighted by molar-refractivity contribution is 9.10. The van der Waals surface area contributed by atoms with E-state index < -0.39 is 0 Å². The van der Waals surface area contributed by atoms with Crippen molar-refractivity contribution in [2.24, 2.45) is 0 Å². The van der Waals surface area contributed by atoms with Crippen molar-refractivity contribution in [3.63, 3.8) is 0 Å². The number of carbonyl (C=O) groups is 1. The maximum atomic E-state index is 12.4. The normalized spacial score (nSPS) is 11.6. The Balaban J connectivity index is 1.82. The number of thioether (sulfide) groups is 1. The molecule has 0 aliphatic carbocycles. The Morgan fingerprint density at radius 3 is 2.32 bits per heavy atom. The second kappa shape index (κ2) is 11.2. The van der Waals surface area contributed by atoms with Crippen LogP contribution >= 0.6 is 27.7 Å². The predicted molar refractivity (Wildman–Crippen MR) is 118 cm³/mol. The van der Waals surface area contributed by atoms with Crippen LogP contribution in [0.2, 0.25) is 0 Å². The molecular weight excluding hydrogens is 442 g/mol. The Hall–Kier alpha value is -1.86. The largest absolute Gasteiger partial charge is 0.497 e. The Morgan fingerprint density at radius 1 is 1.07 bits per heavy atom. The molecule has 0 heterocycles. The molecule has 0 saturated carbocycles. The Morgan fingerprint density at radius 2 is 1.71 bits per heavy atom. The molecule has 28 heavy (non-hydrogen) atoms. The molecule has 1 N–H and O–H groups in total. The molecule has 0 bridgehead atoms. The molecule has 152 valence electrons. The predicted octanol–water partition coefficient (Wildman–Crippen LogP) is 4.46. The molecule has 2 aromatic rings. The van der Waals surface area contributed by atoms with Gasteiger partial charge in [0.25, 0.3) is 0 Å². The van der Waals surface area contributed by atoms with Crippen LogP contribution in [0, 0.1) is 0 Å². The number of ether oxygens (including phenoxy) is 3. The van der Waals surface area contributed by atoms with Gasteiger partial charge in [0, 0.05) is 16.8 Å². The van der Waals surface area contributed by atoms with Gasteiger partial charge in [-0.25, -0.2) is 0 Å². The first-order valence-corrected chi connectivity index (χ1v) is 10.7. The number of halogens is 1. The van der Waals surface area contributed by atoms with Gasteiger partial charge in [-0.05, 0) is 48.7 Å². The van der Waals surface area contributed by atoms with Crippen LogP contribution < -0.4 is 19.5 Å². The molecule has 0 unspecified atom stereocenters. The van der Waals surface area contributed by atoms with E-state index in [4.69, 9.17) is 14.2 Å². The molecule has 0 radical (unpaired) electrons. The summed E-state index contributed by atoms with van der Waals surface area (Å²) < 4.78 is 16.7. The van der Waals surface area contributed by atoms with Gasteiger partial charge in [0.15, 0.2) is 11.5 Å².